The smallest absolute Gasteiger partial charge is 0.242 e. The van der Waals surface area contributed by atoms with E-state index in [-0.39, 0.29) is 18.3 Å². The van der Waals surface area contributed by atoms with Crippen molar-refractivity contribution in [2.75, 3.05) is 7.05 Å². The summed E-state index contributed by atoms with van der Waals surface area (Å²) in [5.41, 5.74) is 6.57. The van der Waals surface area contributed by atoms with Crippen molar-refractivity contribution >= 4 is 18.3 Å². The quantitative estimate of drug-likeness (QED) is 0.896. The maximum Gasteiger partial charge on any atom is 0.242 e. The molecular formula is C13H19ClN2O. The van der Waals surface area contributed by atoms with Crippen molar-refractivity contribution in [3.63, 3.8) is 0 Å². The number of carbonyl (C=O) groups excluding carboxylic acids is 1. The third-order valence-electron chi connectivity index (χ3n) is 3.28. The molecule has 1 aliphatic carbocycles. The van der Waals surface area contributed by atoms with E-state index in [4.69, 9.17) is 5.73 Å². The van der Waals surface area contributed by atoms with Gasteiger partial charge in [-0.1, -0.05) is 30.3 Å². The Hall–Kier alpha value is -1.06. The Labute approximate surface area is 108 Å². The third-order valence-corrected chi connectivity index (χ3v) is 3.28. The molecule has 1 fully saturated rings. The fourth-order valence-electron chi connectivity index (χ4n) is 2.08. The second-order valence-electron chi connectivity index (χ2n) is 4.66. The van der Waals surface area contributed by atoms with E-state index in [1.807, 2.05) is 37.4 Å². The summed E-state index contributed by atoms with van der Waals surface area (Å²) >= 11 is 0. The van der Waals surface area contributed by atoms with Crippen LogP contribution in [0.3, 0.4) is 0 Å². The predicted molar refractivity (Wildman–Crippen MR) is 70.9 cm³/mol. The average molecular weight is 255 g/mol. The monoisotopic (exact) mass is 254 g/mol. The SMILES string of the molecule is CN(Cc1ccccc1)C(=O)C1(N)CCC1.Cl. The number of nitrogens with zero attached hydrogens (tertiary/aromatic N) is 1. The van der Waals surface area contributed by atoms with E-state index in [0.29, 0.717) is 6.54 Å². The van der Waals surface area contributed by atoms with Gasteiger partial charge in [-0.3, -0.25) is 4.79 Å². The van der Waals surface area contributed by atoms with Gasteiger partial charge >= 0.3 is 0 Å². The molecule has 0 atom stereocenters. The molecule has 0 unspecified atom stereocenters. The fourth-order valence-corrected chi connectivity index (χ4v) is 2.08. The van der Waals surface area contributed by atoms with Crippen LogP contribution in [0.2, 0.25) is 0 Å². The maximum atomic E-state index is 12.1. The summed E-state index contributed by atoms with van der Waals surface area (Å²) in [7, 11) is 1.82. The first-order valence-electron chi connectivity index (χ1n) is 5.70. The second-order valence-corrected chi connectivity index (χ2v) is 4.66. The molecule has 4 heteroatoms. The molecule has 0 spiro atoms. The molecule has 0 aliphatic heterocycles. The molecule has 1 saturated carbocycles. The number of nitrogens with two attached hydrogens (primary N) is 1. The highest BCUT2D eigenvalue weighted by Crippen LogP contribution is 2.30. The van der Waals surface area contributed by atoms with E-state index in [1.54, 1.807) is 4.90 Å². The number of likely N-dealkylation sites (N-methyl/N-ethyl adjacent to an activating group) is 1. The van der Waals surface area contributed by atoms with Gasteiger partial charge in [0.05, 0.1) is 5.54 Å². The van der Waals surface area contributed by atoms with Crippen LogP contribution in [0.25, 0.3) is 0 Å². The summed E-state index contributed by atoms with van der Waals surface area (Å²) in [6.45, 7) is 0.638. The van der Waals surface area contributed by atoms with Crippen molar-refractivity contribution in [3.05, 3.63) is 35.9 Å². The molecule has 2 rings (SSSR count). The fraction of sp³-hybridized carbons (Fsp3) is 0.462. The van der Waals surface area contributed by atoms with Crippen molar-refractivity contribution in [1.82, 2.24) is 4.90 Å². The van der Waals surface area contributed by atoms with Crippen LogP contribution in [0.15, 0.2) is 30.3 Å². The number of halogens is 1. The highest BCUT2D eigenvalue weighted by atomic mass is 35.5. The van der Waals surface area contributed by atoms with Crippen LogP contribution in [0, 0.1) is 0 Å². The normalized spacial score (nSPS) is 16.6. The van der Waals surface area contributed by atoms with Crippen LogP contribution in [0.5, 0.6) is 0 Å². The van der Waals surface area contributed by atoms with Crippen LogP contribution in [-0.2, 0) is 11.3 Å². The van der Waals surface area contributed by atoms with E-state index in [1.165, 1.54) is 0 Å². The van der Waals surface area contributed by atoms with Gasteiger partial charge in [0.2, 0.25) is 5.91 Å². The summed E-state index contributed by atoms with van der Waals surface area (Å²) in [5, 5.41) is 0. The second kappa shape index (κ2) is 5.52. The Kier molecular flexibility index (Phi) is 4.54. The maximum absolute atomic E-state index is 12.1. The molecule has 0 bridgehead atoms. The number of carbonyl (C=O) groups is 1. The Morgan fingerprint density at radius 2 is 1.94 bits per heavy atom. The zero-order valence-electron chi connectivity index (χ0n) is 10.1. The zero-order valence-corrected chi connectivity index (χ0v) is 10.9. The number of hydrogen-bond donors (Lipinski definition) is 1. The van der Waals surface area contributed by atoms with Crippen molar-refractivity contribution < 1.29 is 4.79 Å². The van der Waals surface area contributed by atoms with E-state index in [0.717, 1.165) is 24.8 Å². The molecule has 1 aromatic rings. The summed E-state index contributed by atoms with van der Waals surface area (Å²) in [5.74, 6) is 0.0719. The van der Waals surface area contributed by atoms with Crippen molar-refractivity contribution in [1.29, 1.82) is 0 Å². The first kappa shape index (κ1) is 14.0. The Bertz CT molecular complexity index is 376. The van der Waals surface area contributed by atoms with Crippen LogP contribution in [0.1, 0.15) is 24.8 Å². The molecule has 1 amide bonds. The molecule has 1 aromatic carbocycles. The lowest BCUT2D eigenvalue weighted by atomic mass is 9.76. The molecule has 17 heavy (non-hydrogen) atoms. The molecule has 1 aliphatic rings. The summed E-state index contributed by atoms with van der Waals surface area (Å²) < 4.78 is 0. The number of rotatable bonds is 3. The van der Waals surface area contributed by atoms with Gasteiger partial charge in [0.25, 0.3) is 0 Å². The van der Waals surface area contributed by atoms with Gasteiger partial charge in [0.15, 0.2) is 0 Å². The lowest BCUT2D eigenvalue weighted by Crippen LogP contribution is -2.58. The highest BCUT2D eigenvalue weighted by molar-refractivity contribution is 5.86. The van der Waals surface area contributed by atoms with Gasteiger partial charge in [-0.25, -0.2) is 0 Å². The van der Waals surface area contributed by atoms with Gasteiger partial charge in [-0.05, 0) is 24.8 Å². The molecule has 0 heterocycles. The van der Waals surface area contributed by atoms with Crippen LogP contribution < -0.4 is 5.73 Å². The minimum atomic E-state index is -0.580. The summed E-state index contributed by atoms with van der Waals surface area (Å²) in [6, 6.07) is 9.98. The van der Waals surface area contributed by atoms with E-state index < -0.39 is 5.54 Å². The van der Waals surface area contributed by atoms with Crippen LogP contribution in [0.4, 0.5) is 0 Å². The molecule has 0 aromatic heterocycles. The van der Waals surface area contributed by atoms with Gasteiger partial charge < -0.3 is 10.6 Å². The zero-order chi connectivity index (χ0) is 11.6. The standard InChI is InChI=1S/C13H18N2O.ClH/c1-15(10-11-6-3-2-4-7-11)12(16)13(14)8-5-9-13;/h2-4,6-7H,5,8-10,14H2,1H3;1H. The van der Waals surface area contributed by atoms with E-state index in [2.05, 4.69) is 0 Å². The lowest BCUT2D eigenvalue weighted by Gasteiger charge is -2.39. The lowest BCUT2D eigenvalue weighted by molar-refractivity contribution is -0.139. The largest absolute Gasteiger partial charge is 0.340 e. The summed E-state index contributed by atoms with van der Waals surface area (Å²) in [6.07, 6.45) is 2.72. The Morgan fingerprint density at radius 1 is 1.35 bits per heavy atom. The summed E-state index contributed by atoms with van der Waals surface area (Å²) in [4.78, 5) is 13.8. The predicted octanol–water partition coefficient (Wildman–Crippen LogP) is 1.95. The van der Waals surface area contributed by atoms with Gasteiger partial charge in [-0.2, -0.15) is 0 Å². The first-order valence-corrected chi connectivity index (χ1v) is 5.70. The molecule has 2 N–H and O–H groups in total. The highest BCUT2D eigenvalue weighted by Gasteiger charge is 2.41. The number of amides is 1. The molecule has 3 nitrogen and oxygen atoms in total. The first-order chi connectivity index (χ1) is 7.62. The van der Waals surface area contributed by atoms with Crippen molar-refractivity contribution in [2.45, 2.75) is 31.3 Å². The molecule has 0 radical (unpaired) electrons. The van der Waals surface area contributed by atoms with E-state index in [9.17, 15) is 4.79 Å². The topological polar surface area (TPSA) is 46.3 Å². The van der Waals surface area contributed by atoms with Crippen LogP contribution in [-0.4, -0.2) is 23.4 Å². The van der Waals surface area contributed by atoms with Crippen molar-refractivity contribution in [3.8, 4) is 0 Å². The molecule has 94 valence electrons. The number of hydrogen-bond acceptors (Lipinski definition) is 2. The minimum absolute atomic E-state index is 0. The third kappa shape index (κ3) is 2.99. The molecule has 0 saturated heterocycles. The minimum Gasteiger partial charge on any atom is -0.340 e. The van der Waals surface area contributed by atoms with Crippen molar-refractivity contribution in [2.24, 2.45) is 5.73 Å². The van der Waals surface area contributed by atoms with Gasteiger partial charge in [-0.15, -0.1) is 12.4 Å². The Balaban J connectivity index is 0.00000144. The average Bonchev–Trinajstić information content (AvgIpc) is 2.26. The Morgan fingerprint density at radius 3 is 2.41 bits per heavy atom. The van der Waals surface area contributed by atoms with Gasteiger partial charge in [0.1, 0.15) is 0 Å². The molecular weight excluding hydrogens is 236 g/mol. The number of benzene rings is 1. The van der Waals surface area contributed by atoms with Crippen LogP contribution >= 0.6 is 12.4 Å². The van der Waals surface area contributed by atoms with Gasteiger partial charge in [0, 0.05) is 13.6 Å². The van der Waals surface area contributed by atoms with E-state index >= 15 is 0 Å².